The molecule has 0 amide bonds. The van der Waals surface area contributed by atoms with E-state index in [0.717, 1.165) is 10.0 Å². The largest absolute Gasteiger partial charge is 0.288 e. The summed E-state index contributed by atoms with van der Waals surface area (Å²) in [6.45, 7) is 0. The highest BCUT2D eigenvalue weighted by atomic mass is 79.9. The van der Waals surface area contributed by atoms with Crippen molar-refractivity contribution in [1.82, 2.24) is 0 Å². The Morgan fingerprint density at radius 1 is 1.50 bits per heavy atom. The van der Waals surface area contributed by atoms with Crippen LogP contribution in [0.25, 0.3) is 0 Å². The lowest BCUT2D eigenvalue weighted by molar-refractivity contribution is 0.104. The van der Waals surface area contributed by atoms with Crippen LogP contribution in [0.3, 0.4) is 0 Å². The Kier molecular flexibility index (Phi) is 3.07. The minimum atomic E-state index is 0.0313. The number of carbonyl (C=O) groups excluding carboxylic acids is 1. The molecule has 0 aliphatic carbocycles. The van der Waals surface area contributed by atoms with E-state index in [9.17, 15) is 4.79 Å². The highest BCUT2D eigenvalue weighted by molar-refractivity contribution is 9.10. The quantitative estimate of drug-likeness (QED) is 0.749. The minimum absolute atomic E-state index is 0.0313. The summed E-state index contributed by atoms with van der Waals surface area (Å²) in [5.41, 5.74) is 0.723. The molecule has 0 bridgehead atoms. The van der Waals surface area contributed by atoms with Crippen molar-refractivity contribution in [3.63, 3.8) is 0 Å². The first-order valence-electron chi connectivity index (χ1n) is 3.70. The number of carbonyl (C=O) groups is 1. The Labute approximate surface area is 102 Å². The number of hydrogen-bond donors (Lipinski definition) is 0. The SMILES string of the molecule is O=C(c1ccsc1)c1cc(Br)c(Cl)s1. The standard InChI is InChI=1S/C9H4BrClOS2/c10-6-3-7(14-9(6)11)8(12)5-1-2-13-4-5/h1-4H. The summed E-state index contributed by atoms with van der Waals surface area (Å²) < 4.78 is 1.39. The van der Waals surface area contributed by atoms with Crippen LogP contribution >= 0.6 is 50.2 Å². The van der Waals surface area contributed by atoms with Crippen LogP contribution in [0.4, 0.5) is 0 Å². The minimum Gasteiger partial charge on any atom is -0.288 e. The highest BCUT2D eigenvalue weighted by Gasteiger charge is 2.14. The van der Waals surface area contributed by atoms with E-state index in [1.165, 1.54) is 22.7 Å². The zero-order valence-electron chi connectivity index (χ0n) is 6.79. The lowest BCUT2D eigenvalue weighted by atomic mass is 10.2. The van der Waals surface area contributed by atoms with E-state index in [1.54, 1.807) is 6.07 Å². The van der Waals surface area contributed by atoms with E-state index in [4.69, 9.17) is 11.6 Å². The fourth-order valence-corrected chi connectivity index (χ4v) is 3.29. The normalized spacial score (nSPS) is 10.4. The molecule has 0 aliphatic rings. The molecule has 72 valence electrons. The molecule has 2 rings (SSSR count). The maximum atomic E-state index is 11.8. The predicted octanol–water partition coefficient (Wildman–Crippen LogP) is 4.46. The molecule has 2 heterocycles. The summed E-state index contributed by atoms with van der Waals surface area (Å²) >= 11 is 11.9. The molecule has 14 heavy (non-hydrogen) atoms. The van der Waals surface area contributed by atoms with Gasteiger partial charge in [0.25, 0.3) is 0 Å². The first-order chi connectivity index (χ1) is 6.68. The first-order valence-corrected chi connectivity index (χ1v) is 6.63. The van der Waals surface area contributed by atoms with Crippen molar-refractivity contribution in [2.45, 2.75) is 0 Å². The summed E-state index contributed by atoms with van der Waals surface area (Å²) in [6.07, 6.45) is 0. The second-order valence-electron chi connectivity index (χ2n) is 2.57. The van der Waals surface area contributed by atoms with Crippen molar-refractivity contribution >= 4 is 56.0 Å². The van der Waals surface area contributed by atoms with Crippen molar-refractivity contribution in [3.05, 3.63) is 42.1 Å². The van der Waals surface area contributed by atoms with Crippen molar-refractivity contribution in [1.29, 1.82) is 0 Å². The van der Waals surface area contributed by atoms with Gasteiger partial charge in [-0.15, -0.1) is 11.3 Å². The summed E-state index contributed by atoms with van der Waals surface area (Å²) in [7, 11) is 0. The third kappa shape index (κ3) is 1.93. The van der Waals surface area contributed by atoms with Gasteiger partial charge >= 0.3 is 0 Å². The number of halogens is 2. The Morgan fingerprint density at radius 3 is 2.79 bits per heavy atom. The van der Waals surface area contributed by atoms with Gasteiger partial charge in [0.15, 0.2) is 0 Å². The van der Waals surface area contributed by atoms with Crippen molar-refractivity contribution in [2.75, 3.05) is 0 Å². The van der Waals surface area contributed by atoms with Gasteiger partial charge in [0.2, 0.25) is 5.78 Å². The van der Waals surface area contributed by atoms with Crippen LogP contribution in [-0.4, -0.2) is 5.78 Å². The van der Waals surface area contributed by atoms with Crippen LogP contribution in [0.1, 0.15) is 15.2 Å². The average Bonchev–Trinajstić information content (AvgIpc) is 2.76. The Bertz CT molecular complexity index is 442. The van der Waals surface area contributed by atoms with Crippen LogP contribution in [-0.2, 0) is 0 Å². The van der Waals surface area contributed by atoms with Gasteiger partial charge in [-0.2, -0.15) is 11.3 Å². The van der Waals surface area contributed by atoms with Gasteiger partial charge in [-0.25, -0.2) is 0 Å². The van der Waals surface area contributed by atoms with Crippen LogP contribution < -0.4 is 0 Å². The predicted molar refractivity (Wildman–Crippen MR) is 64.8 cm³/mol. The second kappa shape index (κ2) is 4.14. The smallest absolute Gasteiger partial charge is 0.203 e. The van der Waals surface area contributed by atoms with E-state index in [-0.39, 0.29) is 5.78 Å². The molecule has 0 radical (unpaired) electrons. The van der Waals surface area contributed by atoms with Crippen LogP contribution in [0.2, 0.25) is 4.34 Å². The third-order valence-corrected chi connectivity index (χ3v) is 4.81. The van der Waals surface area contributed by atoms with Gasteiger partial charge in [0.1, 0.15) is 4.34 Å². The van der Waals surface area contributed by atoms with Gasteiger partial charge in [0, 0.05) is 15.4 Å². The Balaban J connectivity index is 2.37. The molecule has 1 nitrogen and oxygen atoms in total. The van der Waals surface area contributed by atoms with Gasteiger partial charge in [-0.3, -0.25) is 4.79 Å². The maximum Gasteiger partial charge on any atom is 0.203 e. The monoisotopic (exact) mass is 306 g/mol. The van der Waals surface area contributed by atoms with E-state index >= 15 is 0 Å². The van der Waals surface area contributed by atoms with E-state index in [2.05, 4.69) is 15.9 Å². The topological polar surface area (TPSA) is 17.1 Å². The fraction of sp³-hybridized carbons (Fsp3) is 0. The van der Waals surface area contributed by atoms with Crippen molar-refractivity contribution < 1.29 is 4.79 Å². The van der Waals surface area contributed by atoms with Gasteiger partial charge < -0.3 is 0 Å². The van der Waals surface area contributed by atoms with E-state index in [1.807, 2.05) is 16.8 Å². The second-order valence-corrected chi connectivity index (χ2v) is 5.86. The van der Waals surface area contributed by atoms with Gasteiger partial charge in [-0.1, -0.05) is 11.6 Å². The zero-order valence-corrected chi connectivity index (χ0v) is 10.8. The molecule has 0 spiro atoms. The van der Waals surface area contributed by atoms with Crippen molar-refractivity contribution in [3.8, 4) is 0 Å². The summed E-state index contributed by atoms with van der Waals surface area (Å²) in [4.78, 5) is 12.5. The zero-order chi connectivity index (χ0) is 10.1. The summed E-state index contributed by atoms with van der Waals surface area (Å²) in [6, 6.07) is 3.57. The van der Waals surface area contributed by atoms with E-state index in [0.29, 0.717) is 9.21 Å². The summed E-state index contributed by atoms with van der Waals surface area (Å²) in [5, 5.41) is 3.72. The first kappa shape index (κ1) is 10.4. The van der Waals surface area contributed by atoms with Gasteiger partial charge in [-0.05, 0) is 33.4 Å². The highest BCUT2D eigenvalue weighted by Crippen LogP contribution is 2.33. The molecule has 0 fully saturated rings. The fourth-order valence-electron chi connectivity index (χ4n) is 0.994. The molecular weight excluding hydrogens is 304 g/mol. The molecular formula is C9H4BrClOS2. The molecule has 5 heteroatoms. The lowest BCUT2D eigenvalue weighted by Gasteiger charge is -1.90. The summed E-state index contributed by atoms with van der Waals surface area (Å²) in [5.74, 6) is 0.0313. The Hall–Kier alpha value is -0.160. The molecule has 0 saturated carbocycles. The number of rotatable bonds is 2. The van der Waals surface area contributed by atoms with Crippen molar-refractivity contribution in [2.24, 2.45) is 0 Å². The molecule has 0 aromatic carbocycles. The van der Waals surface area contributed by atoms with Crippen LogP contribution in [0.5, 0.6) is 0 Å². The van der Waals surface area contributed by atoms with E-state index < -0.39 is 0 Å². The van der Waals surface area contributed by atoms with Gasteiger partial charge in [0.05, 0.1) is 4.88 Å². The molecule has 0 aliphatic heterocycles. The molecule has 0 unspecified atom stereocenters. The molecule has 2 aromatic rings. The number of ketones is 1. The lowest BCUT2D eigenvalue weighted by Crippen LogP contribution is -1.95. The maximum absolute atomic E-state index is 11.8. The van der Waals surface area contributed by atoms with Crippen LogP contribution in [0, 0.1) is 0 Å². The number of thiophene rings is 2. The molecule has 0 N–H and O–H groups in total. The molecule has 0 saturated heterocycles. The molecule has 0 atom stereocenters. The average molecular weight is 308 g/mol. The van der Waals surface area contributed by atoms with Crippen LogP contribution in [0.15, 0.2) is 27.4 Å². The number of hydrogen-bond acceptors (Lipinski definition) is 3. The molecule has 2 aromatic heterocycles. The Morgan fingerprint density at radius 2 is 2.29 bits per heavy atom. The third-order valence-electron chi connectivity index (χ3n) is 1.65.